The zero-order valence-electron chi connectivity index (χ0n) is 16.7. The number of amides is 2. The van der Waals surface area contributed by atoms with Gasteiger partial charge in [0.25, 0.3) is 0 Å². The number of hydrogen-bond acceptors (Lipinski definition) is 4. The Balaban J connectivity index is 1.41. The van der Waals surface area contributed by atoms with Gasteiger partial charge in [0.1, 0.15) is 5.60 Å². The van der Waals surface area contributed by atoms with E-state index in [1.54, 1.807) is 6.20 Å². The number of nitrogens with zero attached hydrogens (tertiary/aromatic N) is 3. The van der Waals surface area contributed by atoms with Crippen LogP contribution in [0.1, 0.15) is 54.9 Å². The van der Waals surface area contributed by atoms with Crippen LogP contribution in [-0.2, 0) is 37.4 Å². The van der Waals surface area contributed by atoms with Crippen molar-refractivity contribution in [1.29, 1.82) is 0 Å². The molecular weight excluding hydrogens is 388 g/mol. The van der Waals surface area contributed by atoms with Crippen molar-refractivity contribution < 1.29 is 14.6 Å². The number of thiol groups is 1. The summed E-state index contributed by atoms with van der Waals surface area (Å²) in [4.78, 5) is 13.5. The number of benzene rings is 1. The molecule has 0 fully saturated rings. The summed E-state index contributed by atoms with van der Waals surface area (Å²) in [5, 5.41) is 17.2. The molecule has 0 bridgehead atoms. The number of fused-ring (bicyclic) bond motifs is 3. The summed E-state index contributed by atoms with van der Waals surface area (Å²) in [6.07, 6.45) is 6.73. The van der Waals surface area contributed by atoms with Crippen molar-refractivity contribution in [1.82, 2.24) is 9.78 Å². The highest BCUT2D eigenvalue weighted by Gasteiger charge is 2.33. The van der Waals surface area contributed by atoms with Gasteiger partial charge in [-0.3, -0.25) is 0 Å². The second-order valence-electron chi connectivity index (χ2n) is 8.72. The fourth-order valence-electron chi connectivity index (χ4n) is 4.83. The molecule has 154 valence electrons. The first-order chi connectivity index (χ1) is 13.9. The van der Waals surface area contributed by atoms with Crippen LogP contribution in [0.4, 0.5) is 10.5 Å². The molecule has 2 N–H and O–H groups in total. The molecule has 0 saturated carbocycles. The van der Waals surface area contributed by atoms with Crippen molar-refractivity contribution in [2.24, 2.45) is 4.36 Å². The highest BCUT2D eigenvalue weighted by molar-refractivity contribution is 7.68. The Hall–Kier alpha value is -2.19. The Morgan fingerprint density at radius 2 is 2.28 bits per heavy atom. The molecule has 1 aromatic carbocycles. The van der Waals surface area contributed by atoms with Crippen LogP contribution in [-0.4, -0.2) is 33.1 Å². The van der Waals surface area contributed by atoms with Crippen LogP contribution >= 0.6 is 0 Å². The number of rotatable bonds is 3. The van der Waals surface area contributed by atoms with Gasteiger partial charge in [-0.1, -0.05) is 17.6 Å². The number of carbonyl (C=O) groups excluding carboxylic acids is 1. The molecule has 29 heavy (non-hydrogen) atoms. The monoisotopic (exact) mass is 414 g/mol. The minimum Gasteiger partial charge on any atom is -0.469 e. The number of anilines is 1. The third-order valence-corrected chi connectivity index (χ3v) is 6.88. The van der Waals surface area contributed by atoms with Crippen LogP contribution in [0, 0.1) is 0 Å². The van der Waals surface area contributed by atoms with Crippen LogP contribution in [0.3, 0.4) is 0 Å². The number of aliphatic hydroxyl groups excluding tert-OH is 1. The normalized spacial score (nSPS) is 21.4. The first kappa shape index (κ1) is 18.8. The Kier molecular flexibility index (Phi) is 4.51. The third-order valence-electron chi connectivity index (χ3n) is 6.07. The number of urea groups is 1. The molecule has 3 aliphatic rings. The molecule has 0 unspecified atom stereocenters. The van der Waals surface area contributed by atoms with E-state index in [-0.39, 0.29) is 24.2 Å². The van der Waals surface area contributed by atoms with Gasteiger partial charge in [-0.2, -0.15) is 9.46 Å². The predicted molar refractivity (Wildman–Crippen MR) is 112 cm³/mol. The van der Waals surface area contributed by atoms with Crippen molar-refractivity contribution in [3.8, 4) is 5.88 Å². The van der Waals surface area contributed by atoms with Gasteiger partial charge in [0.05, 0.1) is 24.2 Å². The molecule has 2 aliphatic carbocycles. The van der Waals surface area contributed by atoms with Crippen molar-refractivity contribution in [2.75, 3.05) is 11.9 Å². The second-order valence-corrected chi connectivity index (χ2v) is 9.60. The maximum absolute atomic E-state index is 12.7. The predicted octanol–water partition coefficient (Wildman–Crippen LogP) is 3.15. The molecule has 5 rings (SSSR count). The molecule has 0 radical (unpaired) electrons. The minimum absolute atomic E-state index is 0.0957. The Bertz CT molecular complexity index is 1030. The first-order valence-electron chi connectivity index (χ1n) is 10.2. The quantitative estimate of drug-likeness (QED) is 0.673. The summed E-state index contributed by atoms with van der Waals surface area (Å²) < 4.78 is 12.0. The van der Waals surface area contributed by atoms with Gasteiger partial charge in [-0.05, 0) is 68.2 Å². The number of aromatic nitrogens is 2. The number of ether oxygens (including phenoxy) is 1. The van der Waals surface area contributed by atoms with E-state index in [0.717, 1.165) is 48.3 Å². The van der Waals surface area contributed by atoms with Crippen LogP contribution < -0.4 is 10.1 Å². The number of aryl methyl sites for hydroxylation is 2. The molecule has 1 aromatic heterocycles. The lowest BCUT2D eigenvalue weighted by atomic mass is 9.94. The van der Waals surface area contributed by atoms with E-state index in [9.17, 15) is 9.90 Å². The Morgan fingerprint density at radius 3 is 3.10 bits per heavy atom. The van der Waals surface area contributed by atoms with Crippen LogP contribution in [0.5, 0.6) is 5.88 Å². The topological polar surface area (TPSA) is 88.7 Å². The van der Waals surface area contributed by atoms with Gasteiger partial charge in [0, 0.05) is 11.6 Å². The minimum atomic E-state index is -0.366. The number of carbonyl (C=O) groups is 1. The van der Waals surface area contributed by atoms with Gasteiger partial charge in [0.15, 0.2) is 0 Å². The van der Waals surface area contributed by atoms with E-state index in [1.165, 1.54) is 16.7 Å². The first-order valence-corrected chi connectivity index (χ1v) is 11.1. The molecule has 2 amide bonds. The Labute approximate surface area is 173 Å². The molecule has 7 nitrogen and oxygen atoms in total. The standard InChI is InChI=1S/C21H26N4O3S/c1-21(2)11-25-19(28-21)16(9-22-25)29-24-20(27)23-18-15-5-3-4-12(15)8-13-6-7-14(10-26)17(13)18/h8-9,14,26,29H,3-7,10-11H2,1-2H3,(H,23,27)/t14-/m1/s1. The highest BCUT2D eigenvalue weighted by atomic mass is 32.1. The molecular formula is C21H26N4O3S. The average Bonchev–Trinajstić information content (AvgIpc) is 3.42. The summed E-state index contributed by atoms with van der Waals surface area (Å²) in [7, 11) is 0. The SMILES string of the molecule is CC1(C)Cn2ncc(/[SH]=N/C(=O)Nc3c4c(cc5c3[C@@H](CO)CC5)CCC4)c2O1. The average molecular weight is 415 g/mol. The van der Waals surface area contributed by atoms with Crippen LogP contribution in [0.2, 0.25) is 0 Å². The Morgan fingerprint density at radius 1 is 1.41 bits per heavy atom. The number of nitrogens with one attached hydrogen (secondary N) is 1. The van der Waals surface area contributed by atoms with Gasteiger partial charge < -0.3 is 15.2 Å². The second kappa shape index (κ2) is 6.95. The summed E-state index contributed by atoms with van der Waals surface area (Å²) in [6, 6.07) is 1.92. The number of hydrogen-bond donors (Lipinski definition) is 3. The molecule has 0 spiro atoms. The largest absolute Gasteiger partial charge is 0.469 e. The van der Waals surface area contributed by atoms with E-state index in [0.29, 0.717) is 24.0 Å². The maximum atomic E-state index is 12.7. The molecule has 1 aliphatic heterocycles. The molecule has 2 heterocycles. The molecule has 1 atom stereocenters. The third kappa shape index (κ3) is 3.28. The van der Waals surface area contributed by atoms with Crippen molar-refractivity contribution in [3.05, 3.63) is 34.5 Å². The van der Waals surface area contributed by atoms with Crippen LogP contribution in [0.15, 0.2) is 21.5 Å². The fraction of sp³-hybridized carbons (Fsp3) is 0.524. The van der Waals surface area contributed by atoms with E-state index in [1.807, 2.05) is 18.5 Å². The van der Waals surface area contributed by atoms with Gasteiger partial charge >= 0.3 is 6.03 Å². The van der Waals surface area contributed by atoms with Crippen molar-refractivity contribution in [3.63, 3.8) is 0 Å². The van der Waals surface area contributed by atoms with Crippen LogP contribution in [0.25, 0.3) is 0 Å². The zero-order chi connectivity index (χ0) is 20.2. The van der Waals surface area contributed by atoms with E-state index >= 15 is 0 Å². The fourth-order valence-corrected chi connectivity index (χ4v) is 5.43. The van der Waals surface area contributed by atoms with Crippen molar-refractivity contribution >= 4 is 23.3 Å². The molecule has 2 aromatic rings. The summed E-state index contributed by atoms with van der Waals surface area (Å²) >= 11 is 0.519. The smallest absolute Gasteiger partial charge is 0.351 e. The summed E-state index contributed by atoms with van der Waals surface area (Å²) in [6.45, 7) is 4.83. The lowest BCUT2D eigenvalue weighted by molar-refractivity contribution is 0.132. The van der Waals surface area contributed by atoms with E-state index < -0.39 is 0 Å². The highest BCUT2D eigenvalue weighted by Crippen LogP contribution is 2.44. The zero-order valence-corrected chi connectivity index (χ0v) is 17.6. The van der Waals surface area contributed by atoms with Gasteiger partial charge in [0.2, 0.25) is 5.88 Å². The van der Waals surface area contributed by atoms with Gasteiger partial charge in [-0.15, -0.1) is 0 Å². The lowest BCUT2D eigenvalue weighted by Gasteiger charge is -2.18. The molecule has 0 saturated heterocycles. The van der Waals surface area contributed by atoms with E-state index in [2.05, 4.69) is 20.8 Å². The summed E-state index contributed by atoms with van der Waals surface area (Å²) in [5.41, 5.74) is 5.54. The molecule has 8 heteroatoms. The maximum Gasteiger partial charge on any atom is 0.351 e. The number of aliphatic hydroxyl groups is 1. The van der Waals surface area contributed by atoms with Crippen molar-refractivity contribution in [2.45, 2.75) is 68.9 Å². The lowest BCUT2D eigenvalue weighted by Crippen LogP contribution is -2.26. The van der Waals surface area contributed by atoms with Gasteiger partial charge in [-0.25, -0.2) is 9.48 Å². The van der Waals surface area contributed by atoms with E-state index in [4.69, 9.17) is 4.74 Å². The summed E-state index contributed by atoms with van der Waals surface area (Å²) in [5.74, 6) is 0.786.